The third-order valence-electron chi connectivity index (χ3n) is 1.31. The number of halogens is 2. The maximum Gasteiger partial charge on any atom is 0.330 e. The lowest BCUT2D eigenvalue weighted by Crippen LogP contribution is -2.10. The lowest BCUT2D eigenvalue weighted by molar-refractivity contribution is -0.138. The van der Waals surface area contributed by atoms with Crippen LogP contribution in [0.2, 0.25) is 0 Å². The van der Waals surface area contributed by atoms with E-state index >= 15 is 0 Å². The van der Waals surface area contributed by atoms with E-state index in [9.17, 15) is 9.59 Å². The van der Waals surface area contributed by atoms with E-state index in [4.69, 9.17) is 33.4 Å². The number of rotatable bonds is 4. The second-order valence-electron chi connectivity index (χ2n) is 2.59. The van der Waals surface area contributed by atoms with Gasteiger partial charge in [0.1, 0.15) is 0 Å². The first kappa shape index (κ1) is 17.1. The van der Waals surface area contributed by atoms with Gasteiger partial charge in [0.05, 0.1) is 10.4 Å². The van der Waals surface area contributed by atoms with Crippen molar-refractivity contribution in [3.63, 3.8) is 0 Å². The molecule has 0 saturated heterocycles. The molecular weight excluding hydrogens is 255 g/mol. The molecule has 16 heavy (non-hydrogen) atoms. The molecule has 0 aliphatic carbocycles. The largest absolute Gasteiger partial charge is 0.481 e. The van der Waals surface area contributed by atoms with Crippen LogP contribution >= 0.6 is 23.2 Å². The molecule has 0 radical (unpaired) electrons. The first-order valence-electron chi connectivity index (χ1n) is 3.99. The smallest absolute Gasteiger partial charge is 0.330 e. The molecule has 90 valence electrons. The predicted octanol–water partition coefficient (Wildman–Crippen LogP) is 2.84. The number of carboxylic acid groups (broad SMARTS) is 2. The fourth-order valence-electron chi connectivity index (χ4n) is 0.581. The number of carboxylic acids is 2. The first-order valence-corrected chi connectivity index (χ1v) is 4.75. The molecule has 0 aromatic heterocycles. The Balaban J connectivity index is 0. The van der Waals surface area contributed by atoms with Crippen molar-refractivity contribution in [3.8, 4) is 0 Å². The van der Waals surface area contributed by atoms with Gasteiger partial charge in [0.15, 0.2) is 0 Å². The van der Waals surface area contributed by atoms with Crippen molar-refractivity contribution in [2.24, 2.45) is 5.92 Å². The Bertz CT molecular complexity index is 317. The maximum absolute atomic E-state index is 10.4. The summed E-state index contributed by atoms with van der Waals surface area (Å²) in [6, 6.07) is 0. The van der Waals surface area contributed by atoms with Crippen LogP contribution in [0.25, 0.3) is 0 Å². The van der Waals surface area contributed by atoms with Gasteiger partial charge in [0.25, 0.3) is 0 Å². The maximum atomic E-state index is 10.4. The highest BCUT2D eigenvalue weighted by Crippen LogP contribution is 2.05. The summed E-state index contributed by atoms with van der Waals surface area (Å²) >= 11 is 9.69. The van der Waals surface area contributed by atoms with Gasteiger partial charge in [-0.05, 0) is 6.92 Å². The van der Waals surface area contributed by atoms with E-state index in [0.29, 0.717) is 0 Å². The van der Waals surface area contributed by atoms with Crippen molar-refractivity contribution >= 4 is 35.1 Å². The molecule has 0 aliphatic rings. The van der Waals surface area contributed by atoms with Gasteiger partial charge in [0, 0.05) is 5.57 Å². The SMILES string of the molecule is C=C(Cl)Cl.C=CC(C=C(C)C(=O)O)C(=O)O. The molecule has 0 bridgehead atoms. The van der Waals surface area contributed by atoms with Gasteiger partial charge in [-0.3, -0.25) is 4.79 Å². The first-order chi connectivity index (χ1) is 7.22. The monoisotopic (exact) mass is 266 g/mol. The van der Waals surface area contributed by atoms with Crippen LogP contribution in [0.5, 0.6) is 0 Å². The summed E-state index contributed by atoms with van der Waals surface area (Å²) in [5.41, 5.74) is 0.00213. The van der Waals surface area contributed by atoms with Crippen molar-refractivity contribution in [3.05, 3.63) is 35.4 Å². The van der Waals surface area contributed by atoms with E-state index in [1.165, 1.54) is 13.0 Å². The van der Waals surface area contributed by atoms with Crippen molar-refractivity contribution in [2.45, 2.75) is 6.92 Å². The molecule has 1 atom stereocenters. The summed E-state index contributed by atoms with van der Waals surface area (Å²) in [6.07, 6.45) is 2.31. The Morgan fingerprint density at radius 1 is 1.31 bits per heavy atom. The Morgan fingerprint density at radius 3 is 1.88 bits per heavy atom. The van der Waals surface area contributed by atoms with Gasteiger partial charge in [-0.25, -0.2) is 4.79 Å². The van der Waals surface area contributed by atoms with E-state index in [-0.39, 0.29) is 10.1 Å². The molecule has 0 aromatic rings. The normalized spacial score (nSPS) is 11.8. The summed E-state index contributed by atoms with van der Waals surface area (Å²) < 4.78 is 0.111. The summed E-state index contributed by atoms with van der Waals surface area (Å²) in [4.78, 5) is 20.7. The molecule has 0 fully saturated rings. The molecule has 0 spiro atoms. The average Bonchev–Trinajstić information content (AvgIpc) is 2.11. The highest BCUT2D eigenvalue weighted by Gasteiger charge is 2.11. The zero-order chi connectivity index (χ0) is 13.3. The predicted molar refractivity (Wildman–Crippen MR) is 63.6 cm³/mol. The van der Waals surface area contributed by atoms with Crippen molar-refractivity contribution in [2.75, 3.05) is 0 Å². The molecular formula is C10H12Cl2O4. The van der Waals surface area contributed by atoms with Crippen molar-refractivity contribution in [1.82, 2.24) is 0 Å². The third kappa shape index (κ3) is 10.8. The van der Waals surface area contributed by atoms with E-state index < -0.39 is 17.9 Å². The van der Waals surface area contributed by atoms with Crippen LogP contribution in [-0.2, 0) is 9.59 Å². The lowest BCUT2D eigenvalue weighted by atomic mass is 10.1. The van der Waals surface area contributed by atoms with E-state index in [0.717, 1.165) is 6.08 Å². The van der Waals surface area contributed by atoms with E-state index in [2.05, 4.69) is 13.2 Å². The summed E-state index contributed by atoms with van der Waals surface area (Å²) in [5.74, 6) is -3.16. The fourth-order valence-corrected chi connectivity index (χ4v) is 0.581. The van der Waals surface area contributed by atoms with Crippen LogP contribution in [0.3, 0.4) is 0 Å². The van der Waals surface area contributed by atoms with E-state index in [1.807, 2.05) is 0 Å². The number of aliphatic carboxylic acids is 2. The molecule has 6 heteroatoms. The van der Waals surface area contributed by atoms with Gasteiger partial charge < -0.3 is 10.2 Å². The second-order valence-corrected chi connectivity index (χ2v) is 3.70. The molecule has 0 aliphatic heterocycles. The minimum Gasteiger partial charge on any atom is -0.481 e. The van der Waals surface area contributed by atoms with Gasteiger partial charge in [-0.15, -0.1) is 6.58 Å². The van der Waals surface area contributed by atoms with Crippen LogP contribution in [-0.4, -0.2) is 22.2 Å². The van der Waals surface area contributed by atoms with Crippen LogP contribution < -0.4 is 0 Å². The Morgan fingerprint density at radius 2 is 1.69 bits per heavy atom. The molecule has 0 saturated carbocycles. The number of hydrogen-bond acceptors (Lipinski definition) is 2. The van der Waals surface area contributed by atoms with Gasteiger partial charge in [-0.2, -0.15) is 0 Å². The Labute approximate surface area is 103 Å². The molecule has 0 rings (SSSR count). The van der Waals surface area contributed by atoms with E-state index in [1.54, 1.807) is 0 Å². The molecule has 0 heterocycles. The Hall–Kier alpha value is -1.26. The second kappa shape index (κ2) is 9.00. The van der Waals surface area contributed by atoms with Crippen LogP contribution in [0.1, 0.15) is 6.92 Å². The zero-order valence-corrected chi connectivity index (χ0v) is 10.1. The number of hydrogen-bond donors (Lipinski definition) is 2. The number of carbonyl (C=O) groups is 2. The molecule has 1 unspecified atom stereocenters. The standard InChI is InChI=1S/C8H10O4.C2H2Cl2/c1-3-6(8(11)12)4-5(2)7(9)10;1-2(3)4/h3-4,6H,1H2,2H3,(H,9,10)(H,11,12);1H2. The van der Waals surface area contributed by atoms with Gasteiger partial charge in [0.2, 0.25) is 0 Å². The van der Waals surface area contributed by atoms with Crippen molar-refractivity contribution < 1.29 is 19.8 Å². The molecule has 0 aromatic carbocycles. The Kier molecular flexibility index (Phi) is 9.65. The average molecular weight is 267 g/mol. The highest BCUT2D eigenvalue weighted by atomic mass is 35.5. The topological polar surface area (TPSA) is 74.6 Å². The zero-order valence-electron chi connectivity index (χ0n) is 8.61. The fraction of sp³-hybridized carbons (Fsp3) is 0.200. The van der Waals surface area contributed by atoms with Crippen molar-refractivity contribution in [1.29, 1.82) is 0 Å². The van der Waals surface area contributed by atoms with Gasteiger partial charge >= 0.3 is 11.9 Å². The van der Waals surface area contributed by atoms with Crippen LogP contribution in [0.15, 0.2) is 35.4 Å². The summed E-state index contributed by atoms with van der Waals surface area (Å²) in [7, 11) is 0. The van der Waals surface area contributed by atoms with Crippen LogP contribution in [0.4, 0.5) is 0 Å². The summed E-state index contributed by atoms with van der Waals surface area (Å²) in [6.45, 7) is 7.70. The molecule has 4 nitrogen and oxygen atoms in total. The summed E-state index contributed by atoms with van der Waals surface area (Å²) in [5, 5.41) is 16.9. The molecule has 2 N–H and O–H groups in total. The van der Waals surface area contributed by atoms with Crippen LogP contribution in [0, 0.1) is 5.92 Å². The minimum absolute atomic E-state index is 0.00213. The minimum atomic E-state index is -1.12. The third-order valence-corrected chi connectivity index (χ3v) is 1.31. The quantitative estimate of drug-likeness (QED) is 0.606. The molecule has 0 amide bonds. The highest BCUT2D eigenvalue weighted by molar-refractivity contribution is 6.55. The van der Waals surface area contributed by atoms with Gasteiger partial charge in [-0.1, -0.05) is 41.9 Å². The lowest BCUT2D eigenvalue weighted by Gasteiger charge is -2.00.